The summed E-state index contributed by atoms with van der Waals surface area (Å²) in [7, 11) is 0. The van der Waals surface area contributed by atoms with E-state index in [1.165, 1.54) is 12.3 Å². The number of nitrogens with zero attached hydrogens (tertiary/aromatic N) is 2. The van der Waals surface area contributed by atoms with E-state index in [4.69, 9.17) is 10.5 Å². The first-order valence-electron chi connectivity index (χ1n) is 5.78. The summed E-state index contributed by atoms with van der Waals surface area (Å²) in [6.45, 7) is 0.537. The molecule has 2 atom stereocenters. The van der Waals surface area contributed by atoms with E-state index in [1.54, 1.807) is 0 Å². The molecule has 1 fully saturated rings. The molecule has 2 rings (SSSR count). The van der Waals surface area contributed by atoms with Gasteiger partial charge in [-0.05, 0) is 41.7 Å². The third-order valence-electron chi connectivity index (χ3n) is 3.15. The predicted molar refractivity (Wildman–Crippen MR) is 69.4 cm³/mol. The highest BCUT2D eigenvalue weighted by Crippen LogP contribution is 2.33. The van der Waals surface area contributed by atoms with Gasteiger partial charge in [-0.15, -0.1) is 0 Å². The normalized spacial score (nSPS) is 23.0. The molecule has 0 radical (unpaired) electrons. The van der Waals surface area contributed by atoms with Crippen LogP contribution >= 0.6 is 15.9 Å². The number of hydrogen-bond donors (Lipinski definition) is 1. The van der Waals surface area contributed by atoms with Crippen LogP contribution in [-0.4, -0.2) is 22.6 Å². The summed E-state index contributed by atoms with van der Waals surface area (Å²) in [4.78, 5) is 14.4. The molecule has 1 aromatic heterocycles. The lowest BCUT2D eigenvalue weighted by atomic mass is 10.1. The predicted octanol–water partition coefficient (Wildman–Crippen LogP) is 2.26. The van der Waals surface area contributed by atoms with Crippen LogP contribution in [0.4, 0.5) is 5.69 Å². The van der Waals surface area contributed by atoms with Gasteiger partial charge >= 0.3 is 5.69 Å². The van der Waals surface area contributed by atoms with Crippen molar-refractivity contribution in [2.24, 2.45) is 11.7 Å². The van der Waals surface area contributed by atoms with Crippen molar-refractivity contribution in [3.63, 3.8) is 0 Å². The highest BCUT2D eigenvalue weighted by atomic mass is 79.9. The molecule has 98 valence electrons. The molecule has 18 heavy (non-hydrogen) atoms. The van der Waals surface area contributed by atoms with Gasteiger partial charge in [-0.2, -0.15) is 0 Å². The molecule has 6 nitrogen and oxygen atoms in total. The molecule has 0 amide bonds. The number of rotatable bonds is 4. The number of pyridine rings is 1. The van der Waals surface area contributed by atoms with E-state index in [-0.39, 0.29) is 23.6 Å². The number of nitrogens with two attached hydrogens (primary N) is 1. The number of nitro groups is 1. The van der Waals surface area contributed by atoms with Crippen molar-refractivity contribution in [3.8, 4) is 5.88 Å². The zero-order valence-electron chi connectivity index (χ0n) is 9.71. The minimum absolute atomic E-state index is 0.0672. The largest absolute Gasteiger partial charge is 0.469 e. The van der Waals surface area contributed by atoms with Gasteiger partial charge in [-0.25, -0.2) is 4.98 Å². The van der Waals surface area contributed by atoms with Crippen molar-refractivity contribution >= 4 is 21.6 Å². The monoisotopic (exact) mass is 315 g/mol. The van der Waals surface area contributed by atoms with Crippen molar-refractivity contribution in [2.75, 3.05) is 6.54 Å². The van der Waals surface area contributed by atoms with Crippen LogP contribution in [-0.2, 0) is 0 Å². The average Bonchev–Trinajstić information content (AvgIpc) is 2.78. The van der Waals surface area contributed by atoms with E-state index in [2.05, 4.69) is 20.9 Å². The Hall–Kier alpha value is -1.21. The zero-order valence-corrected chi connectivity index (χ0v) is 11.3. The molecule has 2 N–H and O–H groups in total. The fraction of sp³-hybridized carbons (Fsp3) is 0.545. The molecule has 2 unspecified atom stereocenters. The van der Waals surface area contributed by atoms with Crippen LogP contribution < -0.4 is 10.5 Å². The van der Waals surface area contributed by atoms with Crippen molar-refractivity contribution in [1.82, 2.24) is 4.98 Å². The lowest BCUT2D eigenvalue weighted by Gasteiger charge is -2.18. The summed E-state index contributed by atoms with van der Waals surface area (Å²) in [6, 6.07) is 1.40. The Morgan fingerprint density at radius 3 is 3.06 bits per heavy atom. The molecule has 0 saturated heterocycles. The Labute approximate surface area is 113 Å². The Bertz CT molecular complexity index is 455. The summed E-state index contributed by atoms with van der Waals surface area (Å²) in [5.74, 6) is 0.337. The second kappa shape index (κ2) is 5.62. The smallest absolute Gasteiger partial charge is 0.332 e. The minimum atomic E-state index is -0.487. The van der Waals surface area contributed by atoms with Crippen LogP contribution in [0.25, 0.3) is 0 Å². The van der Waals surface area contributed by atoms with Crippen LogP contribution in [0, 0.1) is 16.0 Å². The molecule has 1 aliphatic carbocycles. The van der Waals surface area contributed by atoms with E-state index >= 15 is 0 Å². The minimum Gasteiger partial charge on any atom is -0.469 e. The van der Waals surface area contributed by atoms with Gasteiger partial charge in [-0.1, -0.05) is 0 Å². The second-order valence-corrected chi connectivity index (χ2v) is 5.23. The van der Waals surface area contributed by atoms with Gasteiger partial charge in [0.2, 0.25) is 0 Å². The first kappa shape index (κ1) is 13.2. The topological polar surface area (TPSA) is 91.3 Å². The van der Waals surface area contributed by atoms with E-state index in [0.717, 1.165) is 19.3 Å². The fourth-order valence-electron chi connectivity index (χ4n) is 2.21. The Morgan fingerprint density at radius 1 is 1.61 bits per heavy atom. The molecule has 7 heteroatoms. The van der Waals surface area contributed by atoms with Gasteiger partial charge in [0.1, 0.15) is 6.10 Å². The molecule has 1 aromatic rings. The first-order valence-corrected chi connectivity index (χ1v) is 6.57. The number of halogens is 1. The van der Waals surface area contributed by atoms with Crippen molar-refractivity contribution in [3.05, 3.63) is 26.9 Å². The SMILES string of the molecule is NCC1CCCC1Oc1ncc(Br)cc1[N+](=O)[O-]. The standard InChI is InChI=1S/C11H14BrN3O3/c12-8-4-9(15(16)17)11(14-6-8)18-10-3-1-2-7(10)5-13/h4,6-7,10H,1-3,5,13H2. The van der Waals surface area contributed by atoms with Crippen LogP contribution in [0.3, 0.4) is 0 Å². The molecular weight excluding hydrogens is 302 g/mol. The lowest BCUT2D eigenvalue weighted by molar-refractivity contribution is -0.386. The first-order chi connectivity index (χ1) is 8.61. The molecular formula is C11H14BrN3O3. The number of hydrogen-bond acceptors (Lipinski definition) is 5. The Balaban J connectivity index is 2.20. The molecule has 0 spiro atoms. The van der Waals surface area contributed by atoms with Gasteiger partial charge in [0.05, 0.1) is 4.92 Å². The summed E-state index contributed by atoms with van der Waals surface area (Å²) in [5, 5.41) is 10.9. The highest BCUT2D eigenvalue weighted by Gasteiger charge is 2.30. The van der Waals surface area contributed by atoms with Crippen molar-refractivity contribution < 1.29 is 9.66 Å². The molecule has 1 saturated carbocycles. The van der Waals surface area contributed by atoms with E-state index in [1.807, 2.05) is 0 Å². The zero-order chi connectivity index (χ0) is 13.1. The van der Waals surface area contributed by atoms with Crippen LogP contribution in [0.15, 0.2) is 16.7 Å². The van der Waals surface area contributed by atoms with E-state index in [9.17, 15) is 10.1 Å². The highest BCUT2D eigenvalue weighted by molar-refractivity contribution is 9.10. The fourth-order valence-corrected chi connectivity index (χ4v) is 2.53. The maximum Gasteiger partial charge on any atom is 0.332 e. The van der Waals surface area contributed by atoms with Crippen molar-refractivity contribution in [1.29, 1.82) is 0 Å². The lowest BCUT2D eigenvalue weighted by Crippen LogP contribution is -2.28. The Morgan fingerprint density at radius 2 is 2.39 bits per heavy atom. The molecule has 0 aromatic carbocycles. The average molecular weight is 316 g/mol. The third-order valence-corrected chi connectivity index (χ3v) is 3.58. The summed E-state index contributed by atoms with van der Waals surface area (Å²) in [6.07, 6.45) is 4.34. The second-order valence-electron chi connectivity index (χ2n) is 4.32. The maximum absolute atomic E-state index is 10.9. The third kappa shape index (κ3) is 2.78. The van der Waals surface area contributed by atoms with Gasteiger partial charge in [0.25, 0.3) is 5.88 Å². The summed E-state index contributed by atoms with van der Waals surface area (Å²) >= 11 is 3.16. The quantitative estimate of drug-likeness (QED) is 0.679. The van der Waals surface area contributed by atoms with Gasteiger partial charge < -0.3 is 10.5 Å². The van der Waals surface area contributed by atoms with Crippen LogP contribution in [0.5, 0.6) is 5.88 Å². The summed E-state index contributed by atoms with van der Waals surface area (Å²) < 4.78 is 6.23. The molecule has 0 aliphatic heterocycles. The van der Waals surface area contributed by atoms with Crippen LogP contribution in [0.2, 0.25) is 0 Å². The maximum atomic E-state index is 10.9. The number of ether oxygens (including phenoxy) is 1. The van der Waals surface area contributed by atoms with E-state index < -0.39 is 4.92 Å². The molecule has 1 heterocycles. The van der Waals surface area contributed by atoms with Crippen molar-refractivity contribution in [2.45, 2.75) is 25.4 Å². The van der Waals surface area contributed by atoms with Gasteiger partial charge in [0.15, 0.2) is 0 Å². The molecule has 1 aliphatic rings. The van der Waals surface area contributed by atoms with E-state index in [0.29, 0.717) is 11.0 Å². The van der Waals surface area contributed by atoms with Gasteiger partial charge in [0, 0.05) is 22.7 Å². The molecule has 0 bridgehead atoms. The van der Waals surface area contributed by atoms with Crippen LogP contribution in [0.1, 0.15) is 19.3 Å². The number of aromatic nitrogens is 1. The summed E-state index contributed by atoms with van der Waals surface area (Å²) in [5.41, 5.74) is 5.54. The Kier molecular flexibility index (Phi) is 4.13. The van der Waals surface area contributed by atoms with Gasteiger partial charge in [-0.3, -0.25) is 10.1 Å².